The molecule has 1 aromatic rings. The van der Waals surface area contributed by atoms with E-state index in [9.17, 15) is 4.79 Å². The number of azo groups is 1. The molecule has 0 aliphatic carbocycles. The largest absolute Gasteiger partial charge is 0.462 e. The fourth-order valence-corrected chi connectivity index (χ4v) is 2.48. The number of nitrogens with two attached hydrogens (primary N) is 1. The van der Waals surface area contributed by atoms with Gasteiger partial charge in [-0.05, 0) is 57.6 Å². The van der Waals surface area contributed by atoms with Gasteiger partial charge < -0.3 is 4.74 Å². The van der Waals surface area contributed by atoms with E-state index >= 15 is 0 Å². The molecule has 0 radical (unpaired) electrons. The van der Waals surface area contributed by atoms with E-state index in [4.69, 9.17) is 10.5 Å². The Bertz CT molecular complexity index is 586. The van der Waals surface area contributed by atoms with E-state index in [-0.39, 0.29) is 12.2 Å². The van der Waals surface area contributed by atoms with Gasteiger partial charge >= 0.3 is 5.97 Å². The van der Waals surface area contributed by atoms with Gasteiger partial charge in [0.25, 0.3) is 0 Å². The topological polar surface area (TPSA) is 89.9 Å². The van der Waals surface area contributed by atoms with E-state index in [1.165, 1.54) is 0 Å². The fraction of sp³-hybridized carbons (Fsp3) is 0.273. The zero-order valence-electron chi connectivity index (χ0n) is 9.93. The van der Waals surface area contributed by atoms with E-state index in [1.54, 1.807) is 25.1 Å². The SMILES string of the molecule is CCOC(=O)C1=C(c2cccc(Br)n2)N=NC1(N)I. The first-order valence-corrected chi connectivity index (χ1v) is 7.28. The first kappa shape index (κ1) is 14.5. The van der Waals surface area contributed by atoms with Gasteiger partial charge in [-0.3, -0.25) is 5.73 Å². The molecule has 2 heterocycles. The Balaban J connectivity index is 2.53. The van der Waals surface area contributed by atoms with Crippen molar-refractivity contribution >= 4 is 50.2 Å². The van der Waals surface area contributed by atoms with Gasteiger partial charge in [0, 0.05) is 0 Å². The Hall–Kier alpha value is -0.870. The maximum atomic E-state index is 12.0. The number of rotatable bonds is 3. The number of halogens is 2. The third-order valence-electron chi connectivity index (χ3n) is 2.32. The monoisotopic (exact) mass is 436 g/mol. The summed E-state index contributed by atoms with van der Waals surface area (Å²) in [5.74, 6) is -0.527. The van der Waals surface area contributed by atoms with E-state index < -0.39 is 9.64 Å². The van der Waals surface area contributed by atoms with Crippen LogP contribution in [0.1, 0.15) is 12.6 Å². The zero-order chi connectivity index (χ0) is 14.0. The van der Waals surface area contributed by atoms with E-state index in [0.717, 1.165) is 0 Å². The average molecular weight is 437 g/mol. The number of hydrogen-bond acceptors (Lipinski definition) is 6. The summed E-state index contributed by atoms with van der Waals surface area (Å²) in [7, 11) is 0. The zero-order valence-corrected chi connectivity index (χ0v) is 13.7. The maximum absolute atomic E-state index is 12.0. The maximum Gasteiger partial charge on any atom is 0.341 e. The molecule has 0 saturated carbocycles. The molecule has 0 fully saturated rings. The Labute approximate surface area is 131 Å². The van der Waals surface area contributed by atoms with Crippen LogP contribution in [-0.4, -0.2) is 21.2 Å². The van der Waals surface area contributed by atoms with Crippen molar-refractivity contribution < 1.29 is 9.53 Å². The first-order valence-electron chi connectivity index (χ1n) is 5.41. The summed E-state index contributed by atoms with van der Waals surface area (Å²) in [4.78, 5) is 16.3. The molecular weight excluding hydrogens is 427 g/mol. The van der Waals surface area contributed by atoms with Crippen molar-refractivity contribution in [2.24, 2.45) is 16.0 Å². The minimum Gasteiger partial charge on any atom is -0.462 e. The third-order valence-corrected chi connectivity index (χ3v) is 3.52. The summed E-state index contributed by atoms with van der Waals surface area (Å²) in [6.07, 6.45) is 0. The molecular formula is C11H10BrIN4O2. The van der Waals surface area contributed by atoms with Crippen LogP contribution in [0.2, 0.25) is 0 Å². The van der Waals surface area contributed by atoms with E-state index in [2.05, 4.69) is 31.1 Å². The summed E-state index contributed by atoms with van der Waals surface area (Å²) in [5, 5.41) is 7.87. The molecule has 1 aliphatic heterocycles. The number of nitrogens with zero attached hydrogens (tertiary/aromatic N) is 3. The highest BCUT2D eigenvalue weighted by Crippen LogP contribution is 2.38. The van der Waals surface area contributed by atoms with Gasteiger partial charge in [-0.1, -0.05) is 6.07 Å². The minimum atomic E-state index is -1.22. The van der Waals surface area contributed by atoms with Gasteiger partial charge in [0.1, 0.15) is 15.9 Å². The molecule has 8 heteroatoms. The summed E-state index contributed by atoms with van der Waals surface area (Å²) in [5.41, 5.74) is 7.02. The molecule has 1 unspecified atom stereocenters. The van der Waals surface area contributed by atoms with Crippen molar-refractivity contribution in [2.75, 3.05) is 6.61 Å². The molecule has 0 aromatic carbocycles. The highest BCUT2D eigenvalue weighted by molar-refractivity contribution is 14.1. The predicted molar refractivity (Wildman–Crippen MR) is 81.3 cm³/mol. The molecule has 1 aliphatic rings. The van der Waals surface area contributed by atoms with Crippen molar-refractivity contribution in [1.82, 2.24) is 4.98 Å². The van der Waals surface area contributed by atoms with Crippen LogP contribution in [0.5, 0.6) is 0 Å². The quantitative estimate of drug-likeness (QED) is 0.259. The van der Waals surface area contributed by atoms with Crippen LogP contribution in [-0.2, 0) is 9.53 Å². The smallest absolute Gasteiger partial charge is 0.341 e. The van der Waals surface area contributed by atoms with Crippen molar-refractivity contribution in [3.8, 4) is 0 Å². The van der Waals surface area contributed by atoms with Crippen LogP contribution in [0.4, 0.5) is 0 Å². The van der Waals surface area contributed by atoms with Gasteiger partial charge in [0.05, 0.1) is 12.3 Å². The van der Waals surface area contributed by atoms with Gasteiger partial charge in [-0.2, -0.15) is 0 Å². The summed E-state index contributed by atoms with van der Waals surface area (Å²) in [6, 6.07) is 5.30. The molecule has 1 atom stereocenters. The van der Waals surface area contributed by atoms with Gasteiger partial charge in [0.2, 0.25) is 3.67 Å². The van der Waals surface area contributed by atoms with Crippen molar-refractivity contribution in [2.45, 2.75) is 10.6 Å². The van der Waals surface area contributed by atoms with Gasteiger partial charge in [0.15, 0.2) is 0 Å². The Morgan fingerprint density at radius 2 is 2.32 bits per heavy atom. The molecule has 0 amide bonds. The first-order chi connectivity index (χ1) is 8.95. The molecule has 0 spiro atoms. The number of aromatic nitrogens is 1. The predicted octanol–water partition coefficient (Wildman–Crippen LogP) is 2.63. The van der Waals surface area contributed by atoms with E-state index in [1.807, 2.05) is 22.6 Å². The van der Waals surface area contributed by atoms with Crippen LogP contribution in [0.15, 0.2) is 38.6 Å². The molecule has 1 aromatic heterocycles. The second kappa shape index (κ2) is 5.63. The lowest BCUT2D eigenvalue weighted by Crippen LogP contribution is -2.35. The lowest BCUT2D eigenvalue weighted by molar-refractivity contribution is -0.138. The number of hydrogen-bond donors (Lipinski definition) is 1. The molecule has 0 bridgehead atoms. The highest BCUT2D eigenvalue weighted by Gasteiger charge is 2.41. The number of esters is 1. The Morgan fingerprint density at radius 1 is 1.58 bits per heavy atom. The molecule has 2 rings (SSSR count). The second-order valence-electron chi connectivity index (χ2n) is 3.66. The normalized spacial score (nSPS) is 21.9. The molecule has 0 saturated heterocycles. The number of ether oxygens (including phenoxy) is 1. The summed E-state index contributed by atoms with van der Waals surface area (Å²) in [6.45, 7) is 1.98. The number of alkyl halides is 1. The molecule has 100 valence electrons. The Kier molecular flexibility index (Phi) is 4.31. The Morgan fingerprint density at radius 3 is 2.95 bits per heavy atom. The van der Waals surface area contributed by atoms with Crippen LogP contribution >= 0.6 is 38.5 Å². The van der Waals surface area contributed by atoms with Gasteiger partial charge in [-0.25, -0.2) is 9.78 Å². The van der Waals surface area contributed by atoms with Crippen LogP contribution in [0, 0.1) is 0 Å². The lowest BCUT2D eigenvalue weighted by atomic mass is 10.1. The van der Waals surface area contributed by atoms with Crippen LogP contribution in [0.3, 0.4) is 0 Å². The molecule has 6 nitrogen and oxygen atoms in total. The van der Waals surface area contributed by atoms with E-state index in [0.29, 0.717) is 16.0 Å². The fourth-order valence-electron chi connectivity index (χ4n) is 1.55. The van der Waals surface area contributed by atoms with Crippen molar-refractivity contribution in [3.05, 3.63) is 34.1 Å². The average Bonchev–Trinajstić information content (AvgIpc) is 2.65. The minimum absolute atomic E-state index is 0.209. The summed E-state index contributed by atoms with van der Waals surface area (Å²) < 4.78 is 4.42. The lowest BCUT2D eigenvalue weighted by Gasteiger charge is -2.14. The third kappa shape index (κ3) is 3.00. The van der Waals surface area contributed by atoms with Gasteiger partial charge in [-0.15, -0.1) is 10.2 Å². The molecule has 19 heavy (non-hydrogen) atoms. The van der Waals surface area contributed by atoms with Crippen LogP contribution < -0.4 is 5.73 Å². The summed E-state index contributed by atoms with van der Waals surface area (Å²) >= 11 is 5.12. The number of carbonyl (C=O) groups is 1. The molecule has 2 N–H and O–H groups in total. The van der Waals surface area contributed by atoms with Crippen molar-refractivity contribution in [3.63, 3.8) is 0 Å². The highest BCUT2D eigenvalue weighted by atomic mass is 127. The second-order valence-corrected chi connectivity index (χ2v) is 6.12. The van der Waals surface area contributed by atoms with Crippen molar-refractivity contribution in [1.29, 1.82) is 0 Å². The standard InChI is InChI=1S/C11H10BrIN4O2/c1-2-19-10(18)8-9(16-17-11(8,13)14)6-4-3-5-7(12)15-6/h3-5H,2,14H2,1H3. The van der Waals surface area contributed by atoms with Crippen LogP contribution in [0.25, 0.3) is 5.70 Å². The number of carbonyl (C=O) groups excluding carboxylic acids is 1. The number of pyridine rings is 1.